The molecule has 0 aromatic carbocycles. The second kappa shape index (κ2) is 9.14. The number of nitrogens with zero attached hydrogens (tertiary/aromatic N) is 2. The molecule has 2 N–H and O–H groups in total. The van der Waals surface area contributed by atoms with E-state index in [4.69, 9.17) is 4.42 Å². The Bertz CT molecular complexity index is 608. The van der Waals surface area contributed by atoms with Crippen molar-refractivity contribution in [1.82, 2.24) is 15.6 Å². The minimum Gasteiger partial charge on any atom is -0.464 e. The van der Waals surface area contributed by atoms with Crippen LogP contribution in [0.1, 0.15) is 41.3 Å². The Balaban J connectivity index is 0.00000242. The van der Waals surface area contributed by atoms with Gasteiger partial charge in [0, 0.05) is 17.6 Å². The van der Waals surface area contributed by atoms with Gasteiger partial charge in [0.25, 0.3) is 0 Å². The van der Waals surface area contributed by atoms with E-state index in [0.29, 0.717) is 6.54 Å². The van der Waals surface area contributed by atoms with E-state index >= 15 is 0 Å². The summed E-state index contributed by atoms with van der Waals surface area (Å²) in [5, 5.41) is 7.61. The van der Waals surface area contributed by atoms with Gasteiger partial charge in [-0.1, -0.05) is 0 Å². The second-order valence-electron chi connectivity index (χ2n) is 4.87. The summed E-state index contributed by atoms with van der Waals surface area (Å²) in [6, 6.07) is 4.02. The minimum atomic E-state index is 0. The number of aromatic nitrogens is 1. The smallest absolute Gasteiger partial charge is 0.192 e. The van der Waals surface area contributed by atoms with Crippen LogP contribution in [0.25, 0.3) is 0 Å². The van der Waals surface area contributed by atoms with Gasteiger partial charge in [-0.25, -0.2) is 9.98 Å². The maximum atomic E-state index is 5.63. The Hall–Kier alpha value is -1.09. The molecule has 0 spiro atoms. The topological polar surface area (TPSA) is 62.5 Å². The number of nitrogens with one attached hydrogen (secondary N) is 2. The quantitative estimate of drug-likeness (QED) is 0.427. The summed E-state index contributed by atoms with van der Waals surface area (Å²) in [4.78, 5) is 10.1. The number of rotatable bonds is 5. The van der Waals surface area contributed by atoms with Crippen molar-refractivity contribution < 1.29 is 4.42 Å². The van der Waals surface area contributed by atoms with E-state index in [1.54, 1.807) is 11.3 Å². The van der Waals surface area contributed by atoms with E-state index in [-0.39, 0.29) is 30.0 Å². The predicted octanol–water partition coefficient (Wildman–Crippen LogP) is 3.79. The van der Waals surface area contributed by atoms with Crippen LogP contribution in [0.5, 0.6) is 0 Å². The van der Waals surface area contributed by atoms with Crippen LogP contribution in [0, 0.1) is 13.8 Å². The molecule has 0 amide bonds. The van der Waals surface area contributed by atoms with E-state index in [9.17, 15) is 0 Å². The molecular weight excluding hydrogens is 411 g/mol. The van der Waals surface area contributed by atoms with Crippen LogP contribution in [0.15, 0.2) is 27.7 Å². The van der Waals surface area contributed by atoms with Crippen molar-refractivity contribution in [3.8, 4) is 0 Å². The standard InChI is InChI=1S/C15H22N4OS.HI/c1-5-16-15(18-9-14-17-8-11(3)21-14)19-12(4)13-7-6-10(2)20-13;/h6-8,12H,5,9H2,1-4H3,(H2,16,18,19);1H. The zero-order valence-electron chi connectivity index (χ0n) is 13.3. The van der Waals surface area contributed by atoms with Gasteiger partial charge in [0.1, 0.15) is 16.5 Å². The van der Waals surface area contributed by atoms with Gasteiger partial charge in [-0.15, -0.1) is 35.3 Å². The highest BCUT2D eigenvalue weighted by atomic mass is 127. The molecule has 5 nitrogen and oxygen atoms in total. The van der Waals surface area contributed by atoms with Crippen LogP contribution in [0.3, 0.4) is 0 Å². The first kappa shape index (κ1) is 19.0. The lowest BCUT2D eigenvalue weighted by atomic mass is 10.2. The molecule has 1 unspecified atom stereocenters. The van der Waals surface area contributed by atoms with Crippen LogP contribution in [0.2, 0.25) is 0 Å². The van der Waals surface area contributed by atoms with Gasteiger partial charge in [-0.3, -0.25) is 0 Å². The molecule has 122 valence electrons. The second-order valence-corrected chi connectivity index (χ2v) is 6.19. The van der Waals surface area contributed by atoms with Crippen molar-refractivity contribution >= 4 is 41.3 Å². The van der Waals surface area contributed by atoms with E-state index < -0.39 is 0 Å². The van der Waals surface area contributed by atoms with E-state index in [1.165, 1.54) is 4.88 Å². The fourth-order valence-corrected chi connectivity index (χ4v) is 2.62. The molecule has 0 aliphatic heterocycles. The highest BCUT2D eigenvalue weighted by Crippen LogP contribution is 2.15. The van der Waals surface area contributed by atoms with Gasteiger partial charge in [-0.2, -0.15) is 0 Å². The molecule has 2 aromatic rings. The third kappa shape index (κ3) is 5.60. The third-order valence-electron chi connectivity index (χ3n) is 2.93. The number of hydrogen-bond donors (Lipinski definition) is 2. The molecule has 0 aliphatic rings. The first-order valence-corrected chi connectivity index (χ1v) is 7.92. The lowest BCUT2D eigenvalue weighted by Crippen LogP contribution is -2.38. The number of furan rings is 1. The molecule has 0 fully saturated rings. The van der Waals surface area contributed by atoms with Gasteiger partial charge in [0.15, 0.2) is 5.96 Å². The lowest BCUT2D eigenvalue weighted by molar-refractivity contribution is 0.441. The van der Waals surface area contributed by atoms with Crippen LogP contribution in [-0.4, -0.2) is 17.5 Å². The fraction of sp³-hybridized carbons (Fsp3) is 0.467. The van der Waals surface area contributed by atoms with E-state index in [0.717, 1.165) is 29.0 Å². The summed E-state index contributed by atoms with van der Waals surface area (Å²) >= 11 is 1.67. The highest BCUT2D eigenvalue weighted by molar-refractivity contribution is 14.0. The number of halogens is 1. The molecule has 0 aliphatic carbocycles. The Kier molecular flexibility index (Phi) is 7.88. The molecule has 0 radical (unpaired) electrons. The summed E-state index contributed by atoms with van der Waals surface area (Å²) in [5.41, 5.74) is 0. The lowest BCUT2D eigenvalue weighted by Gasteiger charge is -2.15. The molecule has 7 heteroatoms. The summed E-state index contributed by atoms with van der Waals surface area (Å²) in [6.07, 6.45) is 1.88. The van der Waals surface area contributed by atoms with Crippen molar-refractivity contribution in [2.75, 3.05) is 6.54 Å². The molecule has 2 heterocycles. The van der Waals surface area contributed by atoms with Crippen LogP contribution in [-0.2, 0) is 6.54 Å². The number of thiazole rings is 1. The first-order chi connectivity index (χ1) is 10.1. The Morgan fingerprint density at radius 2 is 2.18 bits per heavy atom. The third-order valence-corrected chi connectivity index (χ3v) is 3.82. The minimum absolute atomic E-state index is 0. The zero-order valence-corrected chi connectivity index (χ0v) is 16.5. The van der Waals surface area contributed by atoms with Crippen molar-refractivity contribution in [2.45, 2.75) is 40.3 Å². The largest absolute Gasteiger partial charge is 0.464 e. The normalized spacial score (nSPS) is 12.6. The fourth-order valence-electron chi connectivity index (χ4n) is 1.90. The molecule has 0 saturated heterocycles. The number of hydrogen-bond acceptors (Lipinski definition) is 4. The molecule has 2 aromatic heterocycles. The Morgan fingerprint density at radius 3 is 2.73 bits per heavy atom. The highest BCUT2D eigenvalue weighted by Gasteiger charge is 2.11. The van der Waals surface area contributed by atoms with E-state index in [1.807, 2.05) is 32.2 Å². The summed E-state index contributed by atoms with van der Waals surface area (Å²) in [5.74, 6) is 2.59. The SMILES string of the molecule is CCNC(=NCc1ncc(C)s1)NC(C)c1ccc(C)o1.I. The van der Waals surface area contributed by atoms with Gasteiger partial charge in [0.2, 0.25) is 0 Å². The zero-order chi connectivity index (χ0) is 15.2. The van der Waals surface area contributed by atoms with Gasteiger partial charge in [-0.05, 0) is 39.8 Å². The van der Waals surface area contributed by atoms with Crippen LogP contribution in [0.4, 0.5) is 0 Å². The average Bonchev–Trinajstić information content (AvgIpc) is 3.05. The van der Waals surface area contributed by atoms with Crippen molar-refractivity contribution in [3.63, 3.8) is 0 Å². The molecule has 0 bridgehead atoms. The van der Waals surface area contributed by atoms with Gasteiger partial charge >= 0.3 is 0 Å². The van der Waals surface area contributed by atoms with Gasteiger partial charge in [0.05, 0.1) is 12.6 Å². The van der Waals surface area contributed by atoms with Crippen molar-refractivity contribution in [3.05, 3.63) is 39.7 Å². The van der Waals surface area contributed by atoms with Crippen LogP contribution >= 0.6 is 35.3 Å². The summed E-state index contributed by atoms with van der Waals surface area (Å²) < 4.78 is 5.63. The van der Waals surface area contributed by atoms with E-state index in [2.05, 4.69) is 34.5 Å². The first-order valence-electron chi connectivity index (χ1n) is 7.11. The Morgan fingerprint density at radius 1 is 1.41 bits per heavy atom. The summed E-state index contributed by atoms with van der Waals surface area (Å²) in [6.45, 7) is 9.49. The number of aliphatic imine (C=N–C) groups is 1. The predicted molar refractivity (Wildman–Crippen MR) is 102 cm³/mol. The molecule has 0 saturated carbocycles. The molecule has 2 rings (SSSR count). The molecular formula is C15H23IN4OS. The number of aryl methyl sites for hydroxylation is 2. The monoisotopic (exact) mass is 434 g/mol. The average molecular weight is 434 g/mol. The molecule has 22 heavy (non-hydrogen) atoms. The van der Waals surface area contributed by atoms with Gasteiger partial charge < -0.3 is 15.1 Å². The van der Waals surface area contributed by atoms with Crippen molar-refractivity contribution in [1.29, 1.82) is 0 Å². The van der Waals surface area contributed by atoms with Crippen molar-refractivity contribution in [2.24, 2.45) is 4.99 Å². The maximum absolute atomic E-state index is 5.63. The van der Waals surface area contributed by atoms with Crippen LogP contribution < -0.4 is 10.6 Å². The Labute approximate surface area is 152 Å². The maximum Gasteiger partial charge on any atom is 0.192 e. The number of guanidine groups is 1. The molecule has 1 atom stereocenters. The summed E-state index contributed by atoms with van der Waals surface area (Å²) in [7, 11) is 0.